The first-order valence-corrected chi connectivity index (χ1v) is 13.1. The van der Waals surface area contributed by atoms with Crippen molar-refractivity contribution in [2.24, 2.45) is 0 Å². The molecule has 3 N–H and O–H groups in total. The summed E-state index contributed by atoms with van der Waals surface area (Å²) < 4.78 is 29.6. The topological polar surface area (TPSA) is 134 Å². The lowest BCUT2D eigenvalue weighted by molar-refractivity contribution is 0.122. The Morgan fingerprint density at radius 3 is 2.38 bits per heavy atom. The van der Waals surface area contributed by atoms with E-state index in [0.717, 1.165) is 0 Å². The van der Waals surface area contributed by atoms with Crippen molar-refractivity contribution < 1.29 is 23.1 Å². The Bertz CT molecular complexity index is 1160. The number of hydrogen-bond donors (Lipinski definition) is 3. The van der Waals surface area contributed by atoms with E-state index in [1.807, 2.05) is 0 Å². The molecule has 0 radical (unpaired) electrons. The van der Waals surface area contributed by atoms with Gasteiger partial charge in [0, 0.05) is 36.7 Å². The van der Waals surface area contributed by atoms with Crippen LogP contribution in [-0.2, 0) is 19.3 Å². The number of aliphatic hydroxyl groups excluding tert-OH is 1. The van der Waals surface area contributed by atoms with E-state index < -0.39 is 26.2 Å². The molecule has 2 fully saturated rings. The number of aromatic nitrogens is 2. The highest BCUT2D eigenvalue weighted by Crippen LogP contribution is 2.52. The third-order valence-electron chi connectivity index (χ3n) is 6.18. The van der Waals surface area contributed by atoms with Crippen molar-refractivity contribution in [3.63, 3.8) is 0 Å². The van der Waals surface area contributed by atoms with Gasteiger partial charge in [0.05, 0.1) is 31.1 Å². The summed E-state index contributed by atoms with van der Waals surface area (Å²) in [7, 11) is -3.33. The molecule has 10 nitrogen and oxygen atoms in total. The number of benzene rings is 1. The number of carbonyl (C=O) groups is 1. The molecule has 4 rings (SSSR count). The molecule has 1 aliphatic carbocycles. The lowest BCUT2D eigenvalue weighted by atomic mass is 10.1. The highest BCUT2D eigenvalue weighted by atomic mass is 32.2. The Labute approximate surface area is 199 Å². The van der Waals surface area contributed by atoms with E-state index in [4.69, 9.17) is 9.72 Å². The van der Waals surface area contributed by atoms with Gasteiger partial charge in [0.15, 0.2) is 15.7 Å². The van der Waals surface area contributed by atoms with Crippen LogP contribution in [0.3, 0.4) is 0 Å². The van der Waals surface area contributed by atoms with E-state index in [0.29, 0.717) is 67.7 Å². The summed E-state index contributed by atoms with van der Waals surface area (Å²) in [6.07, 6.45) is 2.36. The van der Waals surface area contributed by atoms with Crippen LogP contribution < -0.4 is 15.5 Å². The van der Waals surface area contributed by atoms with Gasteiger partial charge in [-0.3, -0.25) is 0 Å². The molecule has 0 atom stereocenters. The van der Waals surface area contributed by atoms with E-state index in [2.05, 4.69) is 20.5 Å². The van der Waals surface area contributed by atoms with Crippen molar-refractivity contribution >= 4 is 27.4 Å². The highest BCUT2D eigenvalue weighted by molar-refractivity contribution is 7.91. The van der Waals surface area contributed by atoms with Gasteiger partial charge in [0.2, 0.25) is 0 Å². The number of rotatable bonds is 7. The molecule has 34 heavy (non-hydrogen) atoms. The predicted molar refractivity (Wildman–Crippen MR) is 130 cm³/mol. The van der Waals surface area contributed by atoms with Crippen LogP contribution in [0.25, 0.3) is 11.4 Å². The van der Waals surface area contributed by atoms with Crippen LogP contribution >= 0.6 is 0 Å². The van der Waals surface area contributed by atoms with Crippen molar-refractivity contribution in [1.82, 2.24) is 15.3 Å². The highest BCUT2D eigenvalue weighted by Gasteiger charge is 2.55. The van der Waals surface area contributed by atoms with Gasteiger partial charge in [-0.15, -0.1) is 0 Å². The molecule has 0 unspecified atom stereocenters. The Kier molecular flexibility index (Phi) is 6.54. The predicted octanol–water partition coefficient (Wildman–Crippen LogP) is 1.91. The summed E-state index contributed by atoms with van der Waals surface area (Å²) in [4.78, 5) is 23.7. The van der Waals surface area contributed by atoms with Gasteiger partial charge >= 0.3 is 6.03 Å². The van der Waals surface area contributed by atoms with E-state index in [9.17, 15) is 18.3 Å². The van der Waals surface area contributed by atoms with Gasteiger partial charge in [-0.1, -0.05) is 0 Å². The minimum absolute atomic E-state index is 0.187. The summed E-state index contributed by atoms with van der Waals surface area (Å²) in [5.74, 6) is 1.12. The molecule has 2 aromatic rings. The van der Waals surface area contributed by atoms with Crippen molar-refractivity contribution in [3.05, 3.63) is 36.0 Å². The molecule has 2 heterocycles. The normalized spacial score (nSPS) is 17.8. The van der Waals surface area contributed by atoms with Gasteiger partial charge in [-0.25, -0.2) is 23.2 Å². The molecule has 2 aliphatic rings. The number of carbonyl (C=O) groups excluding carboxylic acids is 1. The Hall–Kier alpha value is -2.76. The zero-order chi connectivity index (χ0) is 24.6. The van der Waals surface area contributed by atoms with Crippen LogP contribution in [0.1, 0.15) is 32.4 Å². The van der Waals surface area contributed by atoms with E-state index in [1.54, 1.807) is 44.2 Å². The second-order valence-electron chi connectivity index (χ2n) is 9.50. The van der Waals surface area contributed by atoms with Crippen molar-refractivity contribution in [2.75, 3.05) is 49.4 Å². The average molecular weight is 490 g/mol. The van der Waals surface area contributed by atoms with Gasteiger partial charge in [0.25, 0.3) is 0 Å². The molecule has 184 valence electrons. The summed E-state index contributed by atoms with van der Waals surface area (Å²) in [5.41, 5.74) is 1.05. The van der Waals surface area contributed by atoms with Crippen molar-refractivity contribution in [3.8, 4) is 11.4 Å². The molecule has 1 aliphatic heterocycles. The fourth-order valence-corrected chi connectivity index (χ4v) is 5.22. The Balaban J connectivity index is 1.63. The smallest absolute Gasteiger partial charge is 0.319 e. The van der Waals surface area contributed by atoms with Crippen molar-refractivity contribution in [1.29, 1.82) is 0 Å². The standard InChI is InChI=1S/C23H31N5O5S/c1-22(2,15-29)27-21(30)24-17-6-4-16(5-7-17)20-25-18(23(8-9-23)34(3,31)32)14-19(26-20)28-10-12-33-13-11-28/h4-7,14,29H,8-13,15H2,1-3H3,(H2,24,27,30). The van der Waals surface area contributed by atoms with E-state index >= 15 is 0 Å². The van der Waals surface area contributed by atoms with Crippen LogP contribution in [-0.4, -0.2) is 74.2 Å². The second kappa shape index (κ2) is 9.12. The summed E-state index contributed by atoms with van der Waals surface area (Å²) in [6.45, 7) is 5.76. The first-order chi connectivity index (χ1) is 16.0. The second-order valence-corrected chi connectivity index (χ2v) is 11.8. The third-order valence-corrected chi connectivity index (χ3v) is 8.21. The van der Waals surface area contributed by atoms with Crippen molar-refractivity contribution in [2.45, 2.75) is 37.0 Å². The Morgan fingerprint density at radius 2 is 1.82 bits per heavy atom. The number of amides is 2. The minimum Gasteiger partial charge on any atom is -0.394 e. The number of ether oxygens (including phenoxy) is 1. The van der Waals surface area contributed by atoms with Crippen LogP contribution in [0.5, 0.6) is 0 Å². The number of morpholine rings is 1. The molecule has 11 heteroatoms. The van der Waals surface area contributed by atoms with E-state index in [-0.39, 0.29) is 6.61 Å². The van der Waals surface area contributed by atoms with Crippen LogP contribution in [0.15, 0.2) is 30.3 Å². The molecule has 1 aromatic heterocycles. The maximum Gasteiger partial charge on any atom is 0.319 e. The first-order valence-electron chi connectivity index (χ1n) is 11.3. The van der Waals surface area contributed by atoms with Gasteiger partial charge < -0.3 is 25.4 Å². The molecule has 0 spiro atoms. The lowest BCUT2D eigenvalue weighted by Gasteiger charge is -2.29. The Morgan fingerprint density at radius 1 is 1.18 bits per heavy atom. The maximum atomic E-state index is 12.6. The molecule has 0 bridgehead atoms. The first kappa shape index (κ1) is 24.4. The number of nitrogens with zero attached hydrogens (tertiary/aromatic N) is 3. The summed E-state index contributed by atoms with van der Waals surface area (Å²) in [6, 6.07) is 8.41. The zero-order valence-electron chi connectivity index (χ0n) is 19.7. The molecule has 2 amide bonds. The monoisotopic (exact) mass is 489 g/mol. The minimum atomic E-state index is -3.33. The molecule has 1 saturated heterocycles. The van der Waals surface area contributed by atoms with E-state index in [1.165, 1.54) is 6.26 Å². The third kappa shape index (κ3) is 5.16. The molecule has 1 saturated carbocycles. The average Bonchev–Trinajstić information content (AvgIpc) is 3.62. The zero-order valence-corrected chi connectivity index (χ0v) is 20.5. The van der Waals surface area contributed by atoms with Gasteiger partial charge in [0.1, 0.15) is 10.6 Å². The van der Waals surface area contributed by atoms with Gasteiger partial charge in [-0.2, -0.15) is 0 Å². The SMILES string of the molecule is CC(C)(CO)NC(=O)Nc1ccc(-c2nc(N3CCOCC3)cc(C3(S(C)(=O)=O)CC3)n2)cc1. The maximum absolute atomic E-state index is 12.6. The lowest BCUT2D eigenvalue weighted by Crippen LogP contribution is -2.48. The number of nitrogens with one attached hydrogen (secondary N) is 2. The number of aliphatic hydroxyl groups is 1. The fourth-order valence-electron chi connectivity index (χ4n) is 3.89. The fraction of sp³-hybridized carbons (Fsp3) is 0.522. The van der Waals surface area contributed by atoms with Crippen LogP contribution in [0, 0.1) is 0 Å². The number of urea groups is 1. The molecular formula is C23H31N5O5S. The number of hydrogen-bond acceptors (Lipinski definition) is 8. The summed E-state index contributed by atoms with van der Waals surface area (Å²) >= 11 is 0. The molecule has 1 aromatic carbocycles. The van der Waals surface area contributed by atoms with Crippen LogP contribution in [0.2, 0.25) is 0 Å². The number of sulfone groups is 1. The largest absolute Gasteiger partial charge is 0.394 e. The van der Waals surface area contributed by atoms with Crippen LogP contribution in [0.4, 0.5) is 16.3 Å². The number of anilines is 2. The quantitative estimate of drug-likeness (QED) is 0.537. The molecular weight excluding hydrogens is 458 g/mol. The van der Waals surface area contributed by atoms with Gasteiger partial charge in [-0.05, 0) is 51.0 Å². The summed E-state index contributed by atoms with van der Waals surface area (Å²) in [5, 5.41) is 14.7.